The Hall–Kier alpha value is -0.390. The van der Waals surface area contributed by atoms with Gasteiger partial charge in [-0.15, -0.1) is 0 Å². The summed E-state index contributed by atoms with van der Waals surface area (Å²) in [6.07, 6.45) is 3.30. The number of aliphatic hydroxyl groups excluding tert-OH is 1. The molecule has 0 spiro atoms. The van der Waals surface area contributed by atoms with Crippen molar-refractivity contribution in [2.45, 2.75) is 25.3 Å². The van der Waals surface area contributed by atoms with Gasteiger partial charge in [0.1, 0.15) is 0 Å². The van der Waals surface area contributed by atoms with Crippen molar-refractivity contribution >= 4 is 29.1 Å². The summed E-state index contributed by atoms with van der Waals surface area (Å²) in [5, 5.41) is 9.68. The molecule has 1 N–H and O–H groups in total. The minimum absolute atomic E-state index is 0.158. The van der Waals surface area contributed by atoms with Crippen LogP contribution in [0.15, 0.2) is 0 Å². The number of anilines is 1. The first-order valence-corrected chi connectivity index (χ1v) is 5.79. The van der Waals surface area contributed by atoms with Crippen LogP contribution in [0.1, 0.15) is 19.3 Å². The maximum absolute atomic E-state index is 9.22. The van der Waals surface area contributed by atoms with Gasteiger partial charge in [0.2, 0.25) is 0 Å². The highest BCUT2D eigenvalue weighted by atomic mass is 35.5. The minimum Gasteiger partial charge on any atom is -0.394 e. The third-order valence-corrected chi connectivity index (χ3v) is 3.42. The van der Waals surface area contributed by atoms with Crippen LogP contribution in [0.2, 0.25) is 5.15 Å². The second kappa shape index (κ2) is 4.42. The Morgan fingerprint density at radius 2 is 2.36 bits per heavy atom. The van der Waals surface area contributed by atoms with E-state index in [4.69, 9.17) is 11.6 Å². The van der Waals surface area contributed by atoms with E-state index in [0.717, 1.165) is 43.4 Å². The summed E-state index contributed by atoms with van der Waals surface area (Å²) < 4.78 is 8.08. The van der Waals surface area contributed by atoms with E-state index in [-0.39, 0.29) is 12.6 Å². The third kappa shape index (κ3) is 1.85. The van der Waals surface area contributed by atoms with Crippen molar-refractivity contribution in [3.8, 4) is 0 Å². The molecule has 0 bridgehead atoms. The van der Waals surface area contributed by atoms with Crippen molar-refractivity contribution in [2.75, 3.05) is 18.1 Å². The second-order valence-corrected chi connectivity index (χ2v) is 4.29. The summed E-state index contributed by atoms with van der Waals surface area (Å²) in [4.78, 5) is 2.06. The Morgan fingerprint density at radius 3 is 3.00 bits per heavy atom. The van der Waals surface area contributed by atoms with Gasteiger partial charge in [-0.1, -0.05) is 11.6 Å². The number of hydrogen-bond acceptors (Lipinski definition) is 5. The zero-order valence-corrected chi connectivity index (χ0v) is 9.26. The molecule has 0 saturated carbocycles. The topological polar surface area (TPSA) is 49.2 Å². The van der Waals surface area contributed by atoms with Crippen molar-refractivity contribution in [2.24, 2.45) is 0 Å². The lowest BCUT2D eigenvalue weighted by atomic mass is 10.0. The first-order valence-electron chi connectivity index (χ1n) is 4.68. The van der Waals surface area contributed by atoms with Crippen LogP contribution in [0.25, 0.3) is 0 Å². The molecule has 4 nitrogen and oxygen atoms in total. The van der Waals surface area contributed by atoms with Gasteiger partial charge in [0.25, 0.3) is 0 Å². The Labute approximate surface area is 91.8 Å². The molecule has 78 valence electrons. The number of nitrogens with zero attached hydrogens (tertiary/aromatic N) is 3. The summed E-state index contributed by atoms with van der Waals surface area (Å²) in [7, 11) is 0. The number of rotatable bonds is 2. The number of piperidine rings is 1. The van der Waals surface area contributed by atoms with E-state index >= 15 is 0 Å². The highest BCUT2D eigenvalue weighted by Crippen LogP contribution is 2.28. The molecule has 0 radical (unpaired) electrons. The van der Waals surface area contributed by atoms with Gasteiger partial charge in [-0.25, -0.2) is 0 Å². The Morgan fingerprint density at radius 1 is 1.50 bits per heavy atom. The van der Waals surface area contributed by atoms with Crippen molar-refractivity contribution in [3.63, 3.8) is 0 Å². The number of aliphatic hydroxyl groups is 1. The Balaban J connectivity index is 2.19. The minimum atomic E-state index is 0.158. The lowest BCUT2D eigenvalue weighted by Crippen LogP contribution is -2.42. The summed E-state index contributed by atoms with van der Waals surface area (Å²) in [6, 6.07) is 0.158. The molecule has 1 unspecified atom stereocenters. The number of aromatic nitrogens is 2. The van der Waals surface area contributed by atoms with E-state index in [1.54, 1.807) is 0 Å². The van der Waals surface area contributed by atoms with Crippen molar-refractivity contribution < 1.29 is 5.11 Å². The number of halogens is 1. The molecular formula is C8H12ClN3OS. The first-order chi connectivity index (χ1) is 6.83. The zero-order chi connectivity index (χ0) is 9.97. The fourth-order valence-electron chi connectivity index (χ4n) is 1.81. The standard InChI is InChI=1S/C8H12ClN3OS/c9-7-8(11-14-10-7)12-4-2-1-3-6(12)5-13/h6,13H,1-5H2. The van der Waals surface area contributed by atoms with E-state index in [2.05, 4.69) is 13.6 Å². The molecule has 6 heteroatoms. The van der Waals surface area contributed by atoms with E-state index in [1.165, 1.54) is 0 Å². The summed E-state index contributed by atoms with van der Waals surface area (Å²) in [6.45, 7) is 1.07. The van der Waals surface area contributed by atoms with Crippen LogP contribution in [0.3, 0.4) is 0 Å². The molecule has 1 aliphatic rings. The molecule has 1 saturated heterocycles. The lowest BCUT2D eigenvalue weighted by molar-refractivity contribution is 0.239. The van der Waals surface area contributed by atoms with E-state index in [9.17, 15) is 5.11 Å². The molecule has 2 heterocycles. The predicted octanol–water partition coefficient (Wildman–Crippen LogP) is 1.54. The quantitative estimate of drug-likeness (QED) is 0.842. The van der Waals surface area contributed by atoms with Crippen LogP contribution in [-0.4, -0.2) is 33.0 Å². The smallest absolute Gasteiger partial charge is 0.187 e. The average Bonchev–Trinajstić information content (AvgIpc) is 2.64. The largest absolute Gasteiger partial charge is 0.394 e. The summed E-state index contributed by atoms with van der Waals surface area (Å²) in [5.74, 6) is 0.732. The maximum Gasteiger partial charge on any atom is 0.187 e. The summed E-state index contributed by atoms with van der Waals surface area (Å²) >= 11 is 7.03. The van der Waals surface area contributed by atoms with Crippen LogP contribution in [0, 0.1) is 0 Å². The molecule has 1 fully saturated rings. The van der Waals surface area contributed by atoms with Gasteiger partial charge in [-0.3, -0.25) is 0 Å². The highest BCUT2D eigenvalue weighted by molar-refractivity contribution is 6.99. The normalized spacial score (nSPS) is 22.7. The first kappa shape index (κ1) is 10.1. The van der Waals surface area contributed by atoms with Crippen LogP contribution < -0.4 is 4.90 Å². The van der Waals surface area contributed by atoms with Gasteiger partial charge in [0.05, 0.1) is 24.4 Å². The molecule has 2 rings (SSSR count). The zero-order valence-electron chi connectivity index (χ0n) is 7.69. The van der Waals surface area contributed by atoms with Crippen LogP contribution in [0.5, 0.6) is 0 Å². The third-order valence-electron chi connectivity index (χ3n) is 2.54. The van der Waals surface area contributed by atoms with Crippen molar-refractivity contribution in [3.05, 3.63) is 5.15 Å². The molecule has 0 aromatic carbocycles. The van der Waals surface area contributed by atoms with Crippen LogP contribution >= 0.6 is 23.3 Å². The van der Waals surface area contributed by atoms with Gasteiger partial charge in [0.15, 0.2) is 11.0 Å². The molecule has 1 atom stereocenters. The van der Waals surface area contributed by atoms with Gasteiger partial charge in [-0.05, 0) is 19.3 Å². The SMILES string of the molecule is OCC1CCCCN1c1nsnc1Cl. The van der Waals surface area contributed by atoms with Gasteiger partial charge >= 0.3 is 0 Å². The van der Waals surface area contributed by atoms with Crippen molar-refractivity contribution in [1.29, 1.82) is 0 Å². The molecule has 0 aliphatic carbocycles. The fourth-order valence-corrected chi connectivity index (χ4v) is 2.57. The van der Waals surface area contributed by atoms with E-state index in [0.29, 0.717) is 5.15 Å². The molecule has 1 aromatic heterocycles. The van der Waals surface area contributed by atoms with Crippen molar-refractivity contribution in [1.82, 2.24) is 8.75 Å². The van der Waals surface area contributed by atoms with Crippen LogP contribution in [-0.2, 0) is 0 Å². The lowest BCUT2D eigenvalue weighted by Gasteiger charge is -2.34. The van der Waals surface area contributed by atoms with Gasteiger partial charge in [-0.2, -0.15) is 8.75 Å². The Kier molecular flexibility index (Phi) is 3.20. The van der Waals surface area contributed by atoms with E-state index < -0.39 is 0 Å². The maximum atomic E-state index is 9.22. The molecule has 1 aliphatic heterocycles. The number of hydrogen-bond donors (Lipinski definition) is 1. The average molecular weight is 234 g/mol. The molecule has 14 heavy (non-hydrogen) atoms. The predicted molar refractivity (Wildman–Crippen MR) is 57.0 cm³/mol. The highest BCUT2D eigenvalue weighted by Gasteiger charge is 2.25. The fraction of sp³-hybridized carbons (Fsp3) is 0.750. The van der Waals surface area contributed by atoms with Crippen LogP contribution in [0.4, 0.5) is 5.82 Å². The van der Waals surface area contributed by atoms with Gasteiger partial charge < -0.3 is 10.0 Å². The van der Waals surface area contributed by atoms with Gasteiger partial charge in [0, 0.05) is 6.54 Å². The molecule has 1 aromatic rings. The monoisotopic (exact) mass is 233 g/mol. The molecular weight excluding hydrogens is 222 g/mol. The van der Waals surface area contributed by atoms with E-state index in [1.807, 2.05) is 0 Å². The second-order valence-electron chi connectivity index (χ2n) is 3.40. The Bertz CT molecular complexity index is 307. The summed E-state index contributed by atoms with van der Waals surface area (Å²) in [5.41, 5.74) is 0. The molecule has 0 amide bonds.